The first kappa shape index (κ1) is 30.6. The minimum absolute atomic E-state index is 0.222. The second-order valence-corrected chi connectivity index (χ2v) is 9.18. The van der Waals surface area contributed by atoms with E-state index in [0.717, 1.165) is 12.8 Å². The summed E-state index contributed by atoms with van der Waals surface area (Å²) in [4.78, 5) is 9.37. The molecule has 0 heterocycles. The molecule has 0 aromatic carbocycles. The standard InChI is InChI=1S/C22H47NO.C3H6O2/c1-4-5-6-7-8-9-10-11-12-13-14-15-16-17-18-19-20-21(24)22(2,3)23;1-2-3(4)5/h21,24H,4-20,23H2,1-3H3;2H2,1H3,(H,4,5). The molecule has 0 fully saturated rings. The number of carbonyl (C=O) groups is 1. The van der Waals surface area contributed by atoms with Crippen LogP contribution in [0.4, 0.5) is 0 Å². The number of unbranched alkanes of at least 4 members (excludes halogenated alkanes) is 15. The topological polar surface area (TPSA) is 83.5 Å². The molecule has 0 aromatic heterocycles. The SMILES string of the molecule is CCC(=O)O.CCCCCCCCCCCCCCCCCCC(O)C(C)(C)N. The molecule has 4 heteroatoms. The molecule has 0 aliphatic rings. The van der Waals surface area contributed by atoms with Crippen LogP contribution in [-0.4, -0.2) is 27.8 Å². The number of rotatable bonds is 19. The summed E-state index contributed by atoms with van der Waals surface area (Å²) < 4.78 is 0. The van der Waals surface area contributed by atoms with Crippen molar-refractivity contribution in [2.75, 3.05) is 0 Å². The van der Waals surface area contributed by atoms with Gasteiger partial charge in [-0.05, 0) is 20.3 Å². The average Bonchev–Trinajstić information content (AvgIpc) is 2.67. The van der Waals surface area contributed by atoms with Crippen molar-refractivity contribution in [1.82, 2.24) is 0 Å². The first-order valence-corrected chi connectivity index (χ1v) is 12.4. The van der Waals surface area contributed by atoms with Crippen LogP contribution in [0.15, 0.2) is 0 Å². The minimum atomic E-state index is -0.745. The average molecular weight is 416 g/mol. The number of aliphatic hydroxyl groups excluding tert-OH is 1. The van der Waals surface area contributed by atoms with Gasteiger partial charge in [0.05, 0.1) is 6.10 Å². The molecule has 0 saturated carbocycles. The van der Waals surface area contributed by atoms with E-state index >= 15 is 0 Å². The van der Waals surface area contributed by atoms with E-state index in [1.165, 1.54) is 96.3 Å². The molecule has 0 bridgehead atoms. The Kier molecular flexibility index (Phi) is 23.3. The first-order chi connectivity index (χ1) is 13.8. The molecule has 4 nitrogen and oxygen atoms in total. The Bertz CT molecular complexity index is 339. The minimum Gasteiger partial charge on any atom is -0.481 e. The molecule has 0 rings (SSSR count). The lowest BCUT2D eigenvalue weighted by Crippen LogP contribution is -2.44. The molecule has 4 N–H and O–H groups in total. The van der Waals surface area contributed by atoms with E-state index in [2.05, 4.69) is 6.92 Å². The molecule has 176 valence electrons. The predicted molar refractivity (Wildman–Crippen MR) is 126 cm³/mol. The van der Waals surface area contributed by atoms with E-state index in [4.69, 9.17) is 10.8 Å². The van der Waals surface area contributed by atoms with Gasteiger partial charge in [-0.1, -0.05) is 117 Å². The number of carboxylic acids is 1. The summed E-state index contributed by atoms with van der Waals surface area (Å²) in [6, 6.07) is 0. The van der Waals surface area contributed by atoms with E-state index in [9.17, 15) is 9.90 Å². The smallest absolute Gasteiger partial charge is 0.303 e. The van der Waals surface area contributed by atoms with E-state index in [1.807, 2.05) is 13.8 Å². The van der Waals surface area contributed by atoms with Crippen LogP contribution < -0.4 is 5.73 Å². The molecule has 1 atom stereocenters. The maximum Gasteiger partial charge on any atom is 0.303 e. The fourth-order valence-corrected chi connectivity index (χ4v) is 3.26. The predicted octanol–water partition coefficient (Wildman–Crippen LogP) is 7.22. The van der Waals surface area contributed by atoms with Crippen LogP contribution in [0.25, 0.3) is 0 Å². The molecule has 0 aliphatic heterocycles. The van der Waals surface area contributed by atoms with Crippen molar-refractivity contribution in [3.63, 3.8) is 0 Å². The van der Waals surface area contributed by atoms with Gasteiger partial charge in [-0.3, -0.25) is 4.79 Å². The molecule has 0 amide bonds. The normalized spacial score (nSPS) is 12.3. The highest BCUT2D eigenvalue weighted by Crippen LogP contribution is 2.16. The maximum atomic E-state index is 9.88. The Labute approximate surface area is 182 Å². The third kappa shape index (κ3) is 27.4. The quantitative estimate of drug-likeness (QED) is 0.194. The van der Waals surface area contributed by atoms with E-state index in [-0.39, 0.29) is 12.5 Å². The largest absolute Gasteiger partial charge is 0.481 e. The zero-order valence-electron chi connectivity index (χ0n) is 20.2. The summed E-state index contributed by atoms with van der Waals surface area (Å²) in [6.07, 6.45) is 22.9. The summed E-state index contributed by atoms with van der Waals surface area (Å²) in [7, 11) is 0. The van der Waals surface area contributed by atoms with E-state index < -0.39 is 11.5 Å². The van der Waals surface area contributed by atoms with Crippen molar-refractivity contribution in [2.45, 2.75) is 155 Å². The summed E-state index contributed by atoms with van der Waals surface area (Å²) in [5.41, 5.74) is 5.45. The second-order valence-electron chi connectivity index (χ2n) is 9.18. The van der Waals surface area contributed by atoms with Crippen molar-refractivity contribution in [3.8, 4) is 0 Å². The van der Waals surface area contributed by atoms with Crippen LogP contribution in [0.3, 0.4) is 0 Å². The zero-order valence-corrected chi connectivity index (χ0v) is 20.2. The van der Waals surface area contributed by atoms with Crippen LogP contribution in [0, 0.1) is 0 Å². The van der Waals surface area contributed by atoms with Crippen molar-refractivity contribution < 1.29 is 15.0 Å². The van der Waals surface area contributed by atoms with Crippen LogP contribution in [0.5, 0.6) is 0 Å². The number of hydrogen-bond acceptors (Lipinski definition) is 3. The lowest BCUT2D eigenvalue weighted by atomic mass is 9.94. The molecule has 0 saturated heterocycles. The van der Waals surface area contributed by atoms with Gasteiger partial charge in [-0.25, -0.2) is 0 Å². The Morgan fingerprint density at radius 2 is 1.00 bits per heavy atom. The van der Waals surface area contributed by atoms with Gasteiger partial charge in [-0.2, -0.15) is 0 Å². The number of carboxylic acid groups (broad SMARTS) is 1. The van der Waals surface area contributed by atoms with Crippen molar-refractivity contribution in [1.29, 1.82) is 0 Å². The third-order valence-corrected chi connectivity index (χ3v) is 5.49. The lowest BCUT2D eigenvalue weighted by Gasteiger charge is -2.25. The van der Waals surface area contributed by atoms with Gasteiger partial charge in [0.2, 0.25) is 0 Å². The third-order valence-electron chi connectivity index (χ3n) is 5.49. The molecule has 29 heavy (non-hydrogen) atoms. The number of nitrogens with two attached hydrogens (primary N) is 1. The Morgan fingerprint density at radius 1 is 0.724 bits per heavy atom. The van der Waals surface area contributed by atoms with E-state index in [0.29, 0.717) is 0 Å². The van der Waals surface area contributed by atoms with Crippen LogP contribution in [0.2, 0.25) is 0 Å². The van der Waals surface area contributed by atoms with Gasteiger partial charge in [0.1, 0.15) is 0 Å². The molecule has 0 aromatic rings. The van der Waals surface area contributed by atoms with Crippen LogP contribution in [-0.2, 0) is 4.79 Å². The van der Waals surface area contributed by atoms with Crippen molar-refractivity contribution >= 4 is 5.97 Å². The monoisotopic (exact) mass is 415 g/mol. The van der Waals surface area contributed by atoms with Crippen LogP contribution >= 0.6 is 0 Å². The summed E-state index contributed by atoms with van der Waals surface area (Å²) >= 11 is 0. The molecule has 0 aliphatic carbocycles. The maximum absolute atomic E-state index is 9.88. The fraction of sp³-hybridized carbons (Fsp3) is 0.960. The molecular weight excluding hydrogens is 362 g/mol. The highest BCUT2D eigenvalue weighted by Gasteiger charge is 2.21. The summed E-state index contributed by atoms with van der Waals surface area (Å²) in [5, 5.41) is 17.6. The summed E-state index contributed by atoms with van der Waals surface area (Å²) in [5.74, 6) is -0.745. The summed E-state index contributed by atoms with van der Waals surface area (Å²) in [6.45, 7) is 7.70. The number of aliphatic carboxylic acids is 1. The van der Waals surface area contributed by atoms with Crippen molar-refractivity contribution in [3.05, 3.63) is 0 Å². The molecule has 0 radical (unpaired) electrons. The molecular formula is C25H53NO3. The number of aliphatic hydroxyl groups is 1. The zero-order chi connectivity index (χ0) is 22.4. The van der Waals surface area contributed by atoms with Gasteiger partial charge in [0.15, 0.2) is 0 Å². The molecule has 1 unspecified atom stereocenters. The van der Waals surface area contributed by atoms with Gasteiger partial charge in [0.25, 0.3) is 0 Å². The van der Waals surface area contributed by atoms with Gasteiger partial charge < -0.3 is 15.9 Å². The van der Waals surface area contributed by atoms with Crippen LogP contribution in [0.1, 0.15) is 143 Å². The number of hydrogen-bond donors (Lipinski definition) is 3. The van der Waals surface area contributed by atoms with Gasteiger partial charge in [0, 0.05) is 12.0 Å². The molecule has 0 spiro atoms. The van der Waals surface area contributed by atoms with Crippen molar-refractivity contribution in [2.24, 2.45) is 5.73 Å². The Balaban J connectivity index is 0. The Morgan fingerprint density at radius 3 is 1.24 bits per heavy atom. The van der Waals surface area contributed by atoms with Gasteiger partial charge in [-0.15, -0.1) is 0 Å². The highest BCUT2D eigenvalue weighted by atomic mass is 16.4. The first-order valence-electron chi connectivity index (χ1n) is 12.4. The van der Waals surface area contributed by atoms with Gasteiger partial charge >= 0.3 is 5.97 Å². The van der Waals surface area contributed by atoms with E-state index in [1.54, 1.807) is 6.92 Å². The fourth-order valence-electron chi connectivity index (χ4n) is 3.26. The Hall–Kier alpha value is -0.610. The lowest BCUT2D eigenvalue weighted by molar-refractivity contribution is -0.136. The second kappa shape index (κ2) is 22.1. The highest BCUT2D eigenvalue weighted by molar-refractivity contribution is 5.66.